The van der Waals surface area contributed by atoms with E-state index in [1.165, 1.54) is 78.7 Å². The highest BCUT2D eigenvalue weighted by atomic mass is 32.2. The Bertz CT molecular complexity index is 942. The summed E-state index contributed by atoms with van der Waals surface area (Å²) in [6.07, 6.45) is 13.9. The second-order valence-corrected chi connectivity index (χ2v) is 14.1. The van der Waals surface area contributed by atoms with Crippen LogP contribution >= 0.6 is 48.0 Å². The van der Waals surface area contributed by atoms with Gasteiger partial charge in [0.2, 0.25) is 0 Å². The van der Waals surface area contributed by atoms with Gasteiger partial charge in [-0.3, -0.25) is 0 Å². The Hall–Kier alpha value is -1.08. The van der Waals surface area contributed by atoms with Crippen molar-refractivity contribution in [2.45, 2.75) is 106 Å². The zero-order valence-corrected chi connectivity index (χ0v) is 25.6. The standard InChI is InChI=1S/C31H42N2S4/c1-3-24-9-5-7-11-28(24)36-30(34)32-26-17-13-22(14-18-26)21-23-15-19-27(20-16-23)33-31(35)37-29-12-8-6-10-25(29)4-2/h5-12,22-23,26-27H,3-4,13-21H2,1-2H3,(H,32,34)(H,33,35). The van der Waals surface area contributed by atoms with Gasteiger partial charge in [0.1, 0.15) is 8.64 Å². The van der Waals surface area contributed by atoms with Crippen molar-refractivity contribution in [3.05, 3.63) is 59.7 Å². The van der Waals surface area contributed by atoms with E-state index in [2.05, 4.69) is 73.0 Å². The molecule has 4 rings (SSSR count). The molecule has 2 saturated carbocycles. The van der Waals surface area contributed by atoms with Crippen LogP contribution in [0.25, 0.3) is 0 Å². The third-order valence-corrected chi connectivity index (χ3v) is 10.7. The summed E-state index contributed by atoms with van der Waals surface area (Å²) < 4.78 is 1.87. The first-order chi connectivity index (χ1) is 18.0. The van der Waals surface area contributed by atoms with Crippen LogP contribution in [0.4, 0.5) is 0 Å². The van der Waals surface area contributed by atoms with Crippen molar-refractivity contribution in [2.75, 3.05) is 0 Å². The molecule has 2 aliphatic rings. The molecule has 0 aromatic heterocycles. The molecule has 2 fully saturated rings. The minimum atomic E-state index is 0.543. The second kappa shape index (κ2) is 14.9. The monoisotopic (exact) mass is 570 g/mol. The van der Waals surface area contributed by atoms with Gasteiger partial charge in [-0.15, -0.1) is 0 Å². The zero-order chi connectivity index (χ0) is 26.0. The summed E-state index contributed by atoms with van der Waals surface area (Å²) in [6, 6.07) is 18.3. The molecule has 0 bridgehead atoms. The Morgan fingerprint density at radius 3 is 1.41 bits per heavy atom. The third-order valence-electron chi connectivity index (χ3n) is 8.12. The van der Waals surface area contributed by atoms with E-state index in [4.69, 9.17) is 24.4 Å². The summed E-state index contributed by atoms with van der Waals surface area (Å²) in [4.78, 5) is 2.60. The highest BCUT2D eigenvalue weighted by Crippen LogP contribution is 2.36. The molecule has 6 heteroatoms. The Kier molecular flexibility index (Phi) is 11.6. The predicted molar refractivity (Wildman–Crippen MR) is 171 cm³/mol. The normalized spacial score (nSPS) is 23.8. The Labute approximate surface area is 243 Å². The molecule has 2 N–H and O–H groups in total. The average molecular weight is 571 g/mol. The SMILES string of the molecule is CCc1ccccc1SC(=S)NC1CCC(CC2CCC(NC(=S)Sc3ccccc3CC)CC2)CC1. The predicted octanol–water partition coefficient (Wildman–Crippen LogP) is 8.95. The molecule has 0 heterocycles. The van der Waals surface area contributed by atoms with Crippen LogP contribution in [0.1, 0.15) is 82.8 Å². The lowest BCUT2D eigenvalue weighted by atomic mass is 9.76. The Morgan fingerprint density at radius 1 is 0.649 bits per heavy atom. The van der Waals surface area contributed by atoms with Crippen molar-refractivity contribution >= 4 is 56.6 Å². The van der Waals surface area contributed by atoms with E-state index in [9.17, 15) is 0 Å². The lowest BCUT2D eigenvalue weighted by Crippen LogP contribution is -2.37. The van der Waals surface area contributed by atoms with Gasteiger partial charge < -0.3 is 10.6 Å². The number of nitrogens with one attached hydrogen (secondary N) is 2. The maximum Gasteiger partial charge on any atom is 0.138 e. The van der Waals surface area contributed by atoms with Crippen molar-refractivity contribution < 1.29 is 0 Å². The maximum atomic E-state index is 5.71. The molecule has 2 aromatic carbocycles. The first-order valence-electron chi connectivity index (χ1n) is 14.2. The fourth-order valence-electron chi connectivity index (χ4n) is 5.94. The highest BCUT2D eigenvalue weighted by molar-refractivity contribution is 8.23. The summed E-state index contributed by atoms with van der Waals surface area (Å²) >= 11 is 14.9. The fraction of sp³-hybridized carbons (Fsp3) is 0.548. The van der Waals surface area contributed by atoms with Crippen molar-refractivity contribution in [3.63, 3.8) is 0 Å². The Balaban J connectivity index is 1.12. The number of hydrogen-bond acceptors (Lipinski definition) is 4. The van der Waals surface area contributed by atoms with Crippen LogP contribution < -0.4 is 10.6 Å². The molecule has 0 radical (unpaired) electrons. The van der Waals surface area contributed by atoms with Gasteiger partial charge in [-0.1, -0.05) is 98.2 Å². The van der Waals surface area contributed by atoms with Gasteiger partial charge in [-0.05, 0) is 106 Å². The van der Waals surface area contributed by atoms with Gasteiger partial charge in [-0.25, -0.2) is 0 Å². The summed E-state index contributed by atoms with van der Waals surface area (Å²) in [5.41, 5.74) is 2.76. The minimum Gasteiger partial charge on any atom is -0.368 e. The van der Waals surface area contributed by atoms with Crippen LogP contribution in [0, 0.1) is 11.8 Å². The molecule has 0 unspecified atom stereocenters. The molecule has 0 spiro atoms. The first kappa shape index (κ1) is 28.9. The molecule has 0 saturated heterocycles. The summed E-state index contributed by atoms with van der Waals surface area (Å²) in [7, 11) is 0. The van der Waals surface area contributed by atoms with Gasteiger partial charge >= 0.3 is 0 Å². The molecule has 2 aromatic rings. The molecule has 200 valence electrons. The number of rotatable bonds is 8. The Morgan fingerprint density at radius 2 is 1.03 bits per heavy atom. The van der Waals surface area contributed by atoms with Crippen LogP contribution in [-0.4, -0.2) is 20.7 Å². The largest absolute Gasteiger partial charge is 0.368 e. The summed E-state index contributed by atoms with van der Waals surface area (Å²) in [5.74, 6) is 1.77. The van der Waals surface area contributed by atoms with E-state index in [1.54, 1.807) is 23.5 Å². The van der Waals surface area contributed by atoms with Crippen LogP contribution in [0.15, 0.2) is 58.3 Å². The molecule has 0 aliphatic heterocycles. The van der Waals surface area contributed by atoms with Crippen LogP contribution in [0.3, 0.4) is 0 Å². The van der Waals surface area contributed by atoms with Crippen molar-refractivity contribution in [1.29, 1.82) is 0 Å². The van der Waals surface area contributed by atoms with Gasteiger partial charge in [0.15, 0.2) is 0 Å². The summed E-state index contributed by atoms with van der Waals surface area (Å²) in [6.45, 7) is 4.42. The molecule has 37 heavy (non-hydrogen) atoms. The second-order valence-electron chi connectivity index (χ2n) is 10.7. The number of thiocarbonyl (C=S) groups is 2. The third kappa shape index (κ3) is 8.98. The van der Waals surface area contributed by atoms with E-state index < -0.39 is 0 Å². The number of hydrogen-bond donors (Lipinski definition) is 2. The van der Waals surface area contributed by atoms with Gasteiger partial charge in [0.25, 0.3) is 0 Å². The molecule has 2 nitrogen and oxygen atoms in total. The van der Waals surface area contributed by atoms with E-state index in [0.717, 1.165) is 33.3 Å². The zero-order valence-electron chi connectivity index (χ0n) is 22.3. The van der Waals surface area contributed by atoms with Gasteiger partial charge in [0.05, 0.1) is 0 Å². The molecular formula is C31H42N2S4. The van der Waals surface area contributed by atoms with Crippen molar-refractivity contribution in [1.82, 2.24) is 10.6 Å². The quantitative estimate of drug-likeness (QED) is 0.243. The topological polar surface area (TPSA) is 24.1 Å². The van der Waals surface area contributed by atoms with E-state index in [1.807, 2.05) is 0 Å². The number of aryl methyl sites for hydroxylation is 2. The molecular weight excluding hydrogens is 529 g/mol. The lowest BCUT2D eigenvalue weighted by Gasteiger charge is -2.35. The van der Waals surface area contributed by atoms with Gasteiger partial charge in [-0.2, -0.15) is 0 Å². The summed E-state index contributed by atoms with van der Waals surface area (Å²) in [5, 5.41) is 7.33. The van der Waals surface area contributed by atoms with E-state index >= 15 is 0 Å². The van der Waals surface area contributed by atoms with Crippen LogP contribution in [0.2, 0.25) is 0 Å². The van der Waals surface area contributed by atoms with Crippen molar-refractivity contribution in [3.8, 4) is 0 Å². The smallest absolute Gasteiger partial charge is 0.138 e. The highest BCUT2D eigenvalue weighted by Gasteiger charge is 2.27. The maximum absolute atomic E-state index is 5.71. The van der Waals surface area contributed by atoms with Crippen LogP contribution in [0.5, 0.6) is 0 Å². The van der Waals surface area contributed by atoms with E-state index in [-0.39, 0.29) is 0 Å². The molecule has 0 atom stereocenters. The van der Waals surface area contributed by atoms with Crippen molar-refractivity contribution in [2.24, 2.45) is 11.8 Å². The fourth-order valence-corrected chi connectivity index (χ4v) is 8.64. The average Bonchev–Trinajstić information content (AvgIpc) is 2.91. The van der Waals surface area contributed by atoms with Crippen LogP contribution in [-0.2, 0) is 12.8 Å². The number of thioether (sulfide) groups is 2. The molecule has 0 amide bonds. The first-order valence-corrected chi connectivity index (χ1v) is 16.6. The van der Waals surface area contributed by atoms with E-state index in [0.29, 0.717) is 12.1 Å². The minimum absolute atomic E-state index is 0.543. The lowest BCUT2D eigenvalue weighted by molar-refractivity contribution is 0.218. The van der Waals surface area contributed by atoms with Gasteiger partial charge in [0, 0.05) is 21.9 Å². The number of benzene rings is 2. The molecule has 2 aliphatic carbocycles.